The van der Waals surface area contributed by atoms with Gasteiger partial charge in [-0.2, -0.15) is 0 Å². The lowest BCUT2D eigenvalue weighted by molar-refractivity contribution is -0.140. The number of esters is 1. The summed E-state index contributed by atoms with van der Waals surface area (Å²) < 4.78 is 10.5. The lowest BCUT2D eigenvalue weighted by Crippen LogP contribution is -2.46. The molecule has 0 heterocycles. The minimum absolute atomic E-state index is 0.237. The first kappa shape index (κ1) is 20.5. The highest BCUT2D eigenvalue weighted by Gasteiger charge is 2.27. The molecule has 27 heavy (non-hydrogen) atoms. The molecule has 2 aromatic rings. The van der Waals surface area contributed by atoms with Gasteiger partial charge < -0.3 is 14.4 Å². The van der Waals surface area contributed by atoms with Crippen molar-refractivity contribution in [3.8, 4) is 5.75 Å². The van der Waals surface area contributed by atoms with Crippen LogP contribution in [0.1, 0.15) is 42.3 Å². The SMILES string of the molecule is COc1cc(C(=O)OCC(=O)N(Cc2ccccc2)C(C)(C)C)ccc1C. The largest absolute Gasteiger partial charge is 0.496 e. The van der Waals surface area contributed by atoms with Crippen LogP contribution in [0.2, 0.25) is 0 Å². The number of hydrogen-bond donors (Lipinski definition) is 0. The average Bonchev–Trinajstić information content (AvgIpc) is 2.64. The number of carbonyl (C=O) groups is 2. The smallest absolute Gasteiger partial charge is 0.338 e. The topological polar surface area (TPSA) is 55.8 Å². The standard InChI is InChI=1S/C22H27NO4/c1-16-11-12-18(13-19(16)26-5)21(25)27-15-20(24)23(22(2,3)4)14-17-9-7-6-8-10-17/h6-13H,14-15H2,1-5H3. The van der Waals surface area contributed by atoms with Crippen molar-refractivity contribution in [1.82, 2.24) is 4.90 Å². The monoisotopic (exact) mass is 369 g/mol. The van der Waals surface area contributed by atoms with Crippen LogP contribution >= 0.6 is 0 Å². The van der Waals surface area contributed by atoms with Gasteiger partial charge in [-0.1, -0.05) is 36.4 Å². The molecule has 0 radical (unpaired) electrons. The first-order valence-corrected chi connectivity index (χ1v) is 8.88. The second kappa shape index (κ2) is 8.71. The van der Waals surface area contributed by atoms with Crippen molar-refractivity contribution in [1.29, 1.82) is 0 Å². The van der Waals surface area contributed by atoms with E-state index >= 15 is 0 Å². The Morgan fingerprint density at radius 2 is 1.70 bits per heavy atom. The Balaban J connectivity index is 2.05. The number of carbonyl (C=O) groups excluding carboxylic acids is 2. The molecule has 5 heteroatoms. The summed E-state index contributed by atoms with van der Waals surface area (Å²) in [5, 5.41) is 0. The third-order valence-electron chi connectivity index (χ3n) is 4.26. The fraction of sp³-hybridized carbons (Fsp3) is 0.364. The van der Waals surface area contributed by atoms with Crippen molar-refractivity contribution >= 4 is 11.9 Å². The van der Waals surface area contributed by atoms with Crippen molar-refractivity contribution in [2.75, 3.05) is 13.7 Å². The van der Waals surface area contributed by atoms with Gasteiger partial charge in [0.15, 0.2) is 6.61 Å². The Morgan fingerprint density at radius 1 is 1.04 bits per heavy atom. The maximum Gasteiger partial charge on any atom is 0.338 e. The number of hydrogen-bond acceptors (Lipinski definition) is 4. The summed E-state index contributed by atoms with van der Waals surface area (Å²) in [6.45, 7) is 7.92. The van der Waals surface area contributed by atoms with Crippen molar-refractivity contribution in [2.45, 2.75) is 39.8 Å². The van der Waals surface area contributed by atoms with E-state index in [0.29, 0.717) is 17.9 Å². The Bertz CT molecular complexity index is 794. The van der Waals surface area contributed by atoms with Crippen LogP contribution < -0.4 is 4.74 Å². The van der Waals surface area contributed by atoms with Crippen LogP contribution in [0.15, 0.2) is 48.5 Å². The van der Waals surface area contributed by atoms with Crippen molar-refractivity contribution in [2.24, 2.45) is 0 Å². The van der Waals surface area contributed by atoms with Crippen LogP contribution in [0.5, 0.6) is 5.75 Å². The molecule has 0 N–H and O–H groups in total. The number of benzene rings is 2. The molecule has 2 aromatic carbocycles. The first-order chi connectivity index (χ1) is 12.7. The Labute approximate surface area is 160 Å². The van der Waals surface area contributed by atoms with Crippen LogP contribution in [-0.4, -0.2) is 36.0 Å². The van der Waals surface area contributed by atoms with Gasteiger partial charge in [0, 0.05) is 12.1 Å². The summed E-state index contributed by atoms with van der Waals surface area (Å²) in [5.41, 5.74) is 1.91. The van der Waals surface area contributed by atoms with Gasteiger partial charge in [-0.3, -0.25) is 4.79 Å². The molecule has 1 amide bonds. The van der Waals surface area contributed by atoms with Crippen LogP contribution in [0, 0.1) is 6.92 Å². The fourth-order valence-electron chi connectivity index (χ4n) is 2.70. The zero-order valence-corrected chi connectivity index (χ0v) is 16.6. The van der Waals surface area contributed by atoms with Gasteiger partial charge in [0.2, 0.25) is 0 Å². The summed E-state index contributed by atoms with van der Waals surface area (Å²) >= 11 is 0. The molecule has 0 aromatic heterocycles. The highest BCUT2D eigenvalue weighted by molar-refractivity contribution is 5.92. The summed E-state index contributed by atoms with van der Waals surface area (Å²) in [4.78, 5) is 26.8. The molecule has 0 saturated heterocycles. The molecule has 0 aliphatic heterocycles. The predicted octanol–water partition coefficient (Wildman–Crippen LogP) is 3.99. The zero-order chi connectivity index (χ0) is 20.0. The third kappa shape index (κ3) is 5.58. The van der Waals surface area contributed by atoms with Crippen LogP contribution in [0.25, 0.3) is 0 Å². The van der Waals surface area contributed by atoms with Crippen LogP contribution in [-0.2, 0) is 16.1 Å². The van der Waals surface area contributed by atoms with Gasteiger partial charge in [-0.15, -0.1) is 0 Å². The second-order valence-electron chi connectivity index (χ2n) is 7.40. The number of ether oxygens (including phenoxy) is 2. The number of nitrogens with zero attached hydrogens (tertiary/aromatic N) is 1. The second-order valence-corrected chi connectivity index (χ2v) is 7.40. The van der Waals surface area contributed by atoms with Gasteiger partial charge in [0.05, 0.1) is 12.7 Å². The van der Waals surface area contributed by atoms with Crippen LogP contribution in [0.4, 0.5) is 0 Å². The lowest BCUT2D eigenvalue weighted by atomic mass is 10.0. The van der Waals surface area contributed by atoms with E-state index in [0.717, 1.165) is 11.1 Å². The molecule has 0 unspecified atom stereocenters. The van der Waals surface area contributed by atoms with E-state index in [1.807, 2.05) is 58.0 Å². The molecular formula is C22H27NO4. The van der Waals surface area contributed by atoms with E-state index in [4.69, 9.17) is 9.47 Å². The summed E-state index contributed by atoms with van der Waals surface area (Å²) in [5.74, 6) is -0.176. The molecule has 0 atom stereocenters. The van der Waals surface area contributed by atoms with Gasteiger partial charge in [0.25, 0.3) is 5.91 Å². The average molecular weight is 369 g/mol. The summed E-state index contributed by atoms with van der Waals surface area (Å²) in [7, 11) is 1.55. The Kier molecular flexibility index (Phi) is 6.61. The normalized spacial score (nSPS) is 11.0. The molecule has 144 valence electrons. The fourth-order valence-corrected chi connectivity index (χ4v) is 2.70. The maximum atomic E-state index is 12.7. The van der Waals surface area contributed by atoms with E-state index in [1.54, 1.807) is 30.2 Å². The van der Waals surface area contributed by atoms with Gasteiger partial charge in [-0.25, -0.2) is 4.79 Å². The number of aryl methyl sites for hydroxylation is 1. The quantitative estimate of drug-likeness (QED) is 0.723. The molecule has 0 spiro atoms. The van der Waals surface area contributed by atoms with Gasteiger partial charge in [-0.05, 0) is 51.0 Å². The molecule has 0 aliphatic rings. The van der Waals surface area contributed by atoms with E-state index in [2.05, 4.69) is 0 Å². The minimum atomic E-state index is -0.546. The van der Waals surface area contributed by atoms with Crippen molar-refractivity contribution in [3.63, 3.8) is 0 Å². The van der Waals surface area contributed by atoms with Crippen LogP contribution in [0.3, 0.4) is 0 Å². The molecule has 0 saturated carbocycles. The van der Waals surface area contributed by atoms with E-state index in [1.165, 1.54) is 0 Å². The van der Waals surface area contributed by atoms with Crippen molar-refractivity contribution < 1.29 is 19.1 Å². The minimum Gasteiger partial charge on any atom is -0.496 e. The number of amides is 1. The van der Waals surface area contributed by atoms with Gasteiger partial charge in [0.1, 0.15) is 5.75 Å². The Hall–Kier alpha value is -2.82. The molecule has 0 aliphatic carbocycles. The molecule has 5 nitrogen and oxygen atoms in total. The highest BCUT2D eigenvalue weighted by Crippen LogP contribution is 2.20. The number of rotatable bonds is 6. The number of methoxy groups -OCH3 is 1. The van der Waals surface area contributed by atoms with Crippen molar-refractivity contribution in [3.05, 3.63) is 65.2 Å². The van der Waals surface area contributed by atoms with E-state index < -0.39 is 11.5 Å². The van der Waals surface area contributed by atoms with Gasteiger partial charge >= 0.3 is 5.97 Å². The molecule has 0 fully saturated rings. The summed E-state index contributed by atoms with van der Waals surface area (Å²) in [6.07, 6.45) is 0. The summed E-state index contributed by atoms with van der Waals surface area (Å²) in [6, 6.07) is 14.8. The predicted molar refractivity (Wildman–Crippen MR) is 105 cm³/mol. The third-order valence-corrected chi connectivity index (χ3v) is 4.26. The molecule has 0 bridgehead atoms. The molecular weight excluding hydrogens is 342 g/mol. The molecule has 2 rings (SSSR count). The zero-order valence-electron chi connectivity index (χ0n) is 16.6. The maximum absolute atomic E-state index is 12.7. The first-order valence-electron chi connectivity index (χ1n) is 8.88. The lowest BCUT2D eigenvalue weighted by Gasteiger charge is -2.35. The van der Waals surface area contributed by atoms with E-state index in [9.17, 15) is 9.59 Å². The van der Waals surface area contributed by atoms with E-state index in [-0.39, 0.29) is 12.5 Å². The highest BCUT2D eigenvalue weighted by atomic mass is 16.5. The Morgan fingerprint density at radius 3 is 2.30 bits per heavy atom.